The number of hydrogen-bond acceptors (Lipinski definition) is 5. The lowest BCUT2D eigenvalue weighted by atomic mass is 10.1. The Bertz CT molecular complexity index is 707. The lowest BCUT2D eigenvalue weighted by Gasteiger charge is -2.00. The molecule has 0 N–H and O–H groups in total. The van der Waals surface area contributed by atoms with E-state index in [1.165, 1.54) is 23.9 Å². The van der Waals surface area contributed by atoms with Crippen LogP contribution in [0.4, 0.5) is 0 Å². The van der Waals surface area contributed by atoms with Crippen LogP contribution in [0.15, 0.2) is 71.5 Å². The van der Waals surface area contributed by atoms with Crippen LogP contribution in [0.5, 0.6) is 11.5 Å². The van der Waals surface area contributed by atoms with Gasteiger partial charge in [0.05, 0.1) is 14.2 Å². The van der Waals surface area contributed by atoms with Gasteiger partial charge < -0.3 is 9.47 Å². The molecular weight excluding hydrogens is 336 g/mol. The topological polar surface area (TPSA) is 52.6 Å². The Balaban J connectivity index is 1.85. The van der Waals surface area contributed by atoms with Crippen molar-refractivity contribution in [1.82, 2.24) is 0 Å². The standard InChI is InChI=1S/C20H18O4S/c1-23-17-7-3-15(4-8-17)19(21)11-13-25-14-12-20(22)16-5-9-18(24-2)10-6-16/h3-14H,1-2H3/b13-11-,14-12+. The van der Waals surface area contributed by atoms with Crippen molar-refractivity contribution in [2.45, 2.75) is 0 Å². The zero-order valence-electron chi connectivity index (χ0n) is 14.0. The minimum absolute atomic E-state index is 0.106. The number of rotatable bonds is 8. The summed E-state index contributed by atoms with van der Waals surface area (Å²) in [5.74, 6) is 1.19. The Morgan fingerprint density at radius 2 is 1.08 bits per heavy atom. The SMILES string of the molecule is COc1ccc(C(=O)/C=C\S/C=C/C(=O)c2ccc(OC)cc2)cc1. The second-order valence-corrected chi connectivity index (χ2v) is 5.74. The third-order valence-electron chi connectivity index (χ3n) is 3.35. The summed E-state index contributed by atoms with van der Waals surface area (Å²) in [4.78, 5) is 24.0. The zero-order valence-corrected chi connectivity index (χ0v) is 14.8. The molecule has 2 aromatic carbocycles. The predicted molar refractivity (Wildman–Crippen MR) is 101 cm³/mol. The van der Waals surface area contributed by atoms with Crippen molar-refractivity contribution in [3.05, 3.63) is 82.6 Å². The molecule has 5 heteroatoms. The molecule has 0 amide bonds. The number of carbonyl (C=O) groups is 2. The van der Waals surface area contributed by atoms with E-state index in [2.05, 4.69) is 0 Å². The molecule has 0 radical (unpaired) electrons. The van der Waals surface area contributed by atoms with Crippen molar-refractivity contribution < 1.29 is 19.1 Å². The number of hydrogen-bond donors (Lipinski definition) is 0. The average molecular weight is 354 g/mol. The fourth-order valence-electron chi connectivity index (χ4n) is 1.95. The van der Waals surface area contributed by atoms with Crippen LogP contribution in [0.2, 0.25) is 0 Å². The molecule has 0 spiro atoms. The monoisotopic (exact) mass is 354 g/mol. The molecule has 0 unspecified atom stereocenters. The first-order valence-corrected chi connectivity index (χ1v) is 8.43. The molecule has 0 atom stereocenters. The summed E-state index contributed by atoms with van der Waals surface area (Å²) in [6.07, 6.45) is 2.93. The number of thioether (sulfide) groups is 1. The number of ether oxygens (including phenoxy) is 2. The Morgan fingerprint density at radius 3 is 1.40 bits per heavy atom. The van der Waals surface area contributed by atoms with Gasteiger partial charge in [0.15, 0.2) is 11.6 Å². The first kappa shape index (κ1) is 18.5. The summed E-state index contributed by atoms with van der Waals surface area (Å²) in [5, 5.41) is 3.29. The number of allylic oxidation sites excluding steroid dienone is 2. The van der Waals surface area contributed by atoms with E-state index in [-0.39, 0.29) is 11.6 Å². The maximum Gasteiger partial charge on any atom is 0.186 e. The van der Waals surface area contributed by atoms with E-state index in [1.54, 1.807) is 73.6 Å². The Labute approximate surface area is 151 Å². The van der Waals surface area contributed by atoms with E-state index < -0.39 is 0 Å². The van der Waals surface area contributed by atoms with Crippen LogP contribution in [-0.2, 0) is 0 Å². The van der Waals surface area contributed by atoms with Crippen molar-refractivity contribution in [3.63, 3.8) is 0 Å². The molecule has 0 fully saturated rings. The highest BCUT2D eigenvalue weighted by molar-refractivity contribution is 8.04. The summed E-state index contributed by atoms with van der Waals surface area (Å²) in [5.41, 5.74) is 1.16. The lowest BCUT2D eigenvalue weighted by Crippen LogP contribution is -1.94. The molecule has 0 saturated carbocycles. The maximum atomic E-state index is 12.0. The van der Waals surface area contributed by atoms with Crippen LogP contribution in [-0.4, -0.2) is 25.8 Å². The van der Waals surface area contributed by atoms with Crippen molar-refractivity contribution in [3.8, 4) is 11.5 Å². The molecule has 25 heavy (non-hydrogen) atoms. The molecular formula is C20H18O4S. The van der Waals surface area contributed by atoms with Gasteiger partial charge in [0.1, 0.15) is 11.5 Å². The lowest BCUT2D eigenvalue weighted by molar-refractivity contribution is 0.103. The summed E-state index contributed by atoms with van der Waals surface area (Å²) < 4.78 is 10.1. The predicted octanol–water partition coefficient (Wildman–Crippen LogP) is 4.53. The molecule has 0 heterocycles. The third-order valence-corrected chi connectivity index (χ3v) is 3.93. The quantitative estimate of drug-likeness (QED) is 0.515. The van der Waals surface area contributed by atoms with Crippen LogP contribution < -0.4 is 9.47 Å². The number of ketones is 2. The van der Waals surface area contributed by atoms with Gasteiger partial charge in [-0.15, -0.1) is 11.8 Å². The minimum Gasteiger partial charge on any atom is -0.497 e. The van der Waals surface area contributed by atoms with Gasteiger partial charge in [0.25, 0.3) is 0 Å². The summed E-state index contributed by atoms with van der Waals surface area (Å²) in [6.45, 7) is 0. The van der Waals surface area contributed by atoms with E-state index in [4.69, 9.17) is 9.47 Å². The molecule has 128 valence electrons. The van der Waals surface area contributed by atoms with Gasteiger partial charge >= 0.3 is 0 Å². The molecule has 2 aromatic rings. The van der Waals surface area contributed by atoms with Gasteiger partial charge in [-0.05, 0) is 71.5 Å². The van der Waals surface area contributed by atoms with Crippen molar-refractivity contribution in [2.24, 2.45) is 0 Å². The number of carbonyl (C=O) groups excluding carboxylic acids is 2. The maximum absolute atomic E-state index is 12.0. The van der Waals surface area contributed by atoms with Crippen molar-refractivity contribution >= 4 is 23.3 Å². The first-order chi connectivity index (χ1) is 12.1. The highest BCUT2D eigenvalue weighted by Gasteiger charge is 2.02. The molecule has 0 aliphatic carbocycles. The molecule has 0 saturated heterocycles. The summed E-state index contributed by atoms with van der Waals surface area (Å²) in [7, 11) is 3.15. The summed E-state index contributed by atoms with van der Waals surface area (Å²) in [6, 6.07) is 13.8. The van der Waals surface area contributed by atoms with Crippen molar-refractivity contribution in [2.75, 3.05) is 14.2 Å². The van der Waals surface area contributed by atoms with E-state index in [0.29, 0.717) is 22.6 Å². The number of methoxy groups -OCH3 is 2. The summed E-state index contributed by atoms with van der Waals surface area (Å²) >= 11 is 1.26. The molecule has 2 rings (SSSR count). The van der Waals surface area contributed by atoms with Gasteiger partial charge in [-0.1, -0.05) is 0 Å². The van der Waals surface area contributed by atoms with Crippen molar-refractivity contribution in [1.29, 1.82) is 0 Å². The van der Waals surface area contributed by atoms with Gasteiger partial charge in [-0.3, -0.25) is 9.59 Å². The molecule has 0 aliphatic heterocycles. The van der Waals surface area contributed by atoms with Gasteiger partial charge in [0, 0.05) is 11.1 Å². The number of benzene rings is 2. The molecule has 0 aliphatic rings. The largest absolute Gasteiger partial charge is 0.497 e. The van der Waals surface area contributed by atoms with Crippen LogP contribution in [0, 0.1) is 0 Å². The van der Waals surface area contributed by atoms with E-state index in [1.807, 2.05) is 0 Å². The minimum atomic E-state index is -0.106. The normalized spacial score (nSPS) is 11.0. The smallest absolute Gasteiger partial charge is 0.186 e. The second-order valence-electron chi connectivity index (χ2n) is 4.93. The van der Waals surface area contributed by atoms with E-state index >= 15 is 0 Å². The Hall–Kier alpha value is -2.79. The van der Waals surface area contributed by atoms with E-state index in [9.17, 15) is 9.59 Å². The van der Waals surface area contributed by atoms with Gasteiger partial charge in [-0.25, -0.2) is 0 Å². The van der Waals surface area contributed by atoms with Gasteiger partial charge in [0.2, 0.25) is 0 Å². The Morgan fingerprint density at radius 1 is 0.720 bits per heavy atom. The third kappa shape index (κ3) is 5.65. The van der Waals surface area contributed by atoms with Crippen LogP contribution >= 0.6 is 11.8 Å². The van der Waals surface area contributed by atoms with Gasteiger partial charge in [-0.2, -0.15) is 0 Å². The second kappa shape index (κ2) is 9.49. The highest BCUT2D eigenvalue weighted by atomic mass is 32.2. The molecule has 0 bridgehead atoms. The van der Waals surface area contributed by atoms with Crippen LogP contribution in [0.1, 0.15) is 20.7 Å². The first-order valence-electron chi connectivity index (χ1n) is 7.49. The fourth-order valence-corrected chi connectivity index (χ4v) is 2.45. The fraction of sp³-hybridized carbons (Fsp3) is 0.100. The van der Waals surface area contributed by atoms with E-state index in [0.717, 1.165) is 0 Å². The molecule has 4 nitrogen and oxygen atoms in total. The average Bonchev–Trinajstić information content (AvgIpc) is 2.67. The Kier molecular flexibility index (Phi) is 7.04. The zero-order chi connectivity index (χ0) is 18.1. The van der Waals surface area contributed by atoms with Crippen LogP contribution in [0.3, 0.4) is 0 Å². The van der Waals surface area contributed by atoms with Crippen LogP contribution in [0.25, 0.3) is 0 Å². The molecule has 0 aromatic heterocycles. The highest BCUT2D eigenvalue weighted by Crippen LogP contribution is 2.14.